The van der Waals surface area contributed by atoms with Crippen LogP contribution in [0.1, 0.15) is 0 Å². The standard InChI is InChI=1S/C10H8Cl2N4/c11-5-1-2-8(12)6(3-5)7-4-15-10(14)16-9(7)13/h1-4H,(H4,13,14,15,16). The van der Waals surface area contributed by atoms with Crippen LogP contribution in [0, 0.1) is 0 Å². The summed E-state index contributed by atoms with van der Waals surface area (Å²) in [4.78, 5) is 7.74. The Morgan fingerprint density at radius 1 is 1.06 bits per heavy atom. The first-order valence-electron chi connectivity index (χ1n) is 4.41. The number of nitrogens with two attached hydrogens (primary N) is 2. The number of hydrogen-bond donors (Lipinski definition) is 2. The van der Waals surface area contributed by atoms with Gasteiger partial charge in [0.2, 0.25) is 5.95 Å². The van der Waals surface area contributed by atoms with Crippen molar-refractivity contribution in [2.45, 2.75) is 0 Å². The third kappa shape index (κ3) is 2.03. The van der Waals surface area contributed by atoms with Crippen molar-refractivity contribution >= 4 is 35.0 Å². The lowest BCUT2D eigenvalue weighted by Crippen LogP contribution is -2.01. The number of aromatic nitrogens is 2. The molecule has 0 spiro atoms. The van der Waals surface area contributed by atoms with Crippen LogP contribution < -0.4 is 11.5 Å². The van der Waals surface area contributed by atoms with Gasteiger partial charge in [-0.2, -0.15) is 4.98 Å². The molecule has 0 fully saturated rings. The van der Waals surface area contributed by atoms with E-state index >= 15 is 0 Å². The Balaban J connectivity index is 2.62. The maximum Gasteiger partial charge on any atom is 0.221 e. The van der Waals surface area contributed by atoms with Crippen molar-refractivity contribution in [1.82, 2.24) is 9.97 Å². The lowest BCUT2D eigenvalue weighted by Gasteiger charge is -2.07. The summed E-state index contributed by atoms with van der Waals surface area (Å²) in [6.07, 6.45) is 1.52. The first kappa shape index (κ1) is 11.0. The van der Waals surface area contributed by atoms with Gasteiger partial charge in [0, 0.05) is 27.4 Å². The molecular weight excluding hydrogens is 247 g/mol. The maximum absolute atomic E-state index is 6.04. The minimum atomic E-state index is 0.124. The normalized spacial score (nSPS) is 10.4. The van der Waals surface area contributed by atoms with E-state index in [0.29, 0.717) is 21.2 Å². The first-order valence-corrected chi connectivity index (χ1v) is 5.17. The summed E-state index contributed by atoms with van der Waals surface area (Å²) in [7, 11) is 0. The topological polar surface area (TPSA) is 77.8 Å². The van der Waals surface area contributed by atoms with Crippen LogP contribution in [-0.2, 0) is 0 Å². The van der Waals surface area contributed by atoms with Crippen LogP contribution >= 0.6 is 23.2 Å². The van der Waals surface area contributed by atoms with Crippen molar-refractivity contribution in [2.24, 2.45) is 0 Å². The Morgan fingerprint density at radius 2 is 1.81 bits per heavy atom. The van der Waals surface area contributed by atoms with Gasteiger partial charge in [0.1, 0.15) is 5.82 Å². The molecule has 16 heavy (non-hydrogen) atoms. The zero-order valence-electron chi connectivity index (χ0n) is 8.11. The molecule has 0 saturated carbocycles. The van der Waals surface area contributed by atoms with Gasteiger partial charge in [-0.05, 0) is 18.2 Å². The smallest absolute Gasteiger partial charge is 0.221 e. The van der Waals surface area contributed by atoms with Gasteiger partial charge >= 0.3 is 0 Å². The van der Waals surface area contributed by atoms with E-state index in [1.54, 1.807) is 18.2 Å². The summed E-state index contributed by atoms with van der Waals surface area (Å²) in [6, 6.07) is 5.09. The van der Waals surface area contributed by atoms with E-state index in [2.05, 4.69) is 9.97 Å². The van der Waals surface area contributed by atoms with Crippen LogP contribution in [0.4, 0.5) is 11.8 Å². The fraction of sp³-hybridized carbons (Fsp3) is 0. The number of rotatable bonds is 1. The molecule has 0 aliphatic heterocycles. The van der Waals surface area contributed by atoms with Crippen LogP contribution in [0.15, 0.2) is 24.4 Å². The van der Waals surface area contributed by atoms with E-state index in [0.717, 1.165) is 0 Å². The summed E-state index contributed by atoms with van der Waals surface area (Å²) in [6.45, 7) is 0. The van der Waals surface area contributed by atoms with Gasteiger partial charge in [0.25, 0.3) is 0 Å². The Morgan fingerprint density at radius 3 is 2.50 bits per heavy atom. The molecule has 82 valence electrons. The lowest BCUT2D eigenvalue weighted by molar-refractivity contribution is 1.20. The molecule has 1 aromatic heterocycles. The van der Waals surface area contributed by atoms with Gasteiger partial charge in [-0.15, -0.1) is 0 Å². The van der Waals surface area contributed by atoms with Gasteiger partial charge < -0.3 is 11.5 Å². The average molecular weight is 255 g/mol. The van der Waals surface area contributed by atoms with Gasteiger partial charge in [-0.25, -0.2) is 4.98 Å². The van der Waals surface area contributed by atoms with Crippen molar-refractivity contribution < 1.29 is 0 Å². The molecule has 1 heterocycles. The summed E-state index contributed by atoms with van der Waals surface area (Å²) in [5, 5.41) is 1.10. The van der Waals surface area contributed by atoms with Gasteiger partial charge in [0.05, 0.1) is 0 Å². The molecule has 0 aliphatic rings. The lowest BCUT2D eigenvalue weighted by atomic mass is 10.1. The highest BCUT2D eigenvalue weighted by atomic mass is 35.5. The Bertz CT molecular complexity index is 542. The zero-order valence-corrected chi connectivity index (χ0v) is 9.63. The molecule has 0 amide bonds. The maximum atomic E-state index is 6.04. The minimum absolute atomic E-state index is 0.124. The molecular formula is C10H8Cl2N4. The third-order valence-corrected chi connectivity index (χ3v) is 2.62. The van der Waals surface area contributed by atoms with Crippen molar-refractivity contribution in [3.63, 3.8) is 0 Å². The highest BCUT2D eigenvalue weighted by Crippen LogP contribution is 2.32. The molecule has 6 heteroatoms. The predicted molar refractivity (Wildman–Crippen MR) is 66.3 cm³/mol. The zero-order chi connectivity index (χ0) is 11.7. The van der Waals surface area contributed by atoms with E-state index in [4.69, 9.17) is 34.7 Å². The van der Waals surface area contributed by atoms with Gasteiger partial charge in [0.15, 0.2) is 0 Å². The molecule has 0 saturated heterocycles. The second-order valence-corrected chi connectivity index (χ2v) is 3.99. The second kappa shape index (κ2) is 4.15. The summed E-state index contributed by atoms with van der Waals surface area (Å²) < 4.78 is 0. The van der Waals surface area contributed by atoms with Crippen molar-refractivity contribution in [3.05, 3.63) is 34.4 Å². The van der Waals surface area contributed by atoms with E-state index in [1.165, 1.54) is 6.20 Å². The van der Waals surface area contributed by atoms with Crippen LogP contribution in [0.5, 0.6) is 0 Å². The quantitative estimate of drug-likeness (QED) is 0.820. The van der Waals surface area contributed by atoms with Gasteiger partial charge in [-0.3, -0.25) is 0 Å². The van der Waals surface area contributed by atoms with Crippen LogP contribution in [0.3, 0.4) is 0 Å². The Hall–Kier alpha value is -1.52. The second-order valence-electron chi connectivity index (χ2n) is 3.15. The molecule has 4 nitrogen and oxygen atoms in total. The highest BCUT2D eigenvalue weighted by molar-refractivity contribution is 6.35. The molecule has 0 aliphatic carbocycles. The third-order valence-electron chi connectivity index (χ3n) is 2.06. The molecule has 1 aromatic carbocycles. The number of nitrogen functional groups attached to an aromatic ring is 2. The SMILES string of the molecule is Nc1ncc(-c2cc(Cl)ccc2Cl)c(N)n1. The monoisotopic (exact) mass is 254 g/mol. The number of halogens is 2. The highest BCUT2D eigenvalue weighted by Gasteiger charge is 2.09. The Labute approximate surface area is 102 Å². The van der Waals surface area contributed by atoms with Crippen LogP contribution in [0.25, 0.3) is 11.1 Å². The van der Waals surface area contributed by atoms with Gasteiger partial charge in [-0.1, -0.05) is 23.2 Å². The summed E-state index contributed by atoms with van der Waals surface area (Å²) in [5.41, 5.74) is 12.5. The number of benzene rings is 1. The predicted octanol–water partition coefficient (Wildman–Crippen LogP) is 2.61. The fourth-order valence-corrected chi connectivity index (χ4v) is 1.71. The van der Waals surface area contributed by atoms with E-state index in [-0.39, 0.29) is 11.8 Å². The summed E-state index contributed by atoms with van der Waals surface area (Å²) >= 11 is 11.9. The molecule has 0 atom stereocenters. The molecule has 4 N–H and O–H groups in total. The van der Waals surface area contributed by atoms with E-state index in [9.17, 15) is 0 Å². The van der Waals surface area contributed by atoms with Crippen molar-refractivity contribution in [1.29, 1.82) is 0 Å². The fourth-order valence-electron chi connectivity index (χ4n) is 1.32. The summed E-state index contributed by atoms with van der Waals surface area (Å²) in [5.74, 6) is 0.399. The molecule has 0 unspecified atom stereocenters. The molecule has 0 bridgehead atoms. The van der Waals surface area contributed by atoms with E-state index in [1.807, 2.05) is 0 Å². The van der Waals surface area contributed by atoms with Crippen LogP contribution in [0.2, 0.25) is 10.0 Å². The largest absolute Gasteiger partial charge is 0.383 e. The van der Waals surface area contributed by atoms with Crippen molar-refractivity contribution in [3.8, 4) is 11.1 Å². The average Bonchev–Trinajstić information content (AvgIpc) is 2.22. The molecule has 0 radical (unpaired) electrons. The molecule has 2 aromatic rings. The minimum Gasteiger partial charge on any atom is -0.383 e. The number of nitrogens with zero attached hydrogens (tertiary/aromatic N) is 2. The molecule has 2 rings (SSSR count). The van der Waals surface area contributed by atoms with Crippen LogP contribution in [-0.4, -0.2) is 9.97 Å². The number of hydrogen-bond acceptors (Lipinski definition) is 4. The first-order chi connectivity index (χ1) is 7.58. The number of anilines is 2. The Kier molecular flexibility index (Phi) is 2.85. The van der Waals surface area contributed by atoms with E-state index < -0.39 is 0 Å². The van der Waals surface area contributed by atoms with Crippen molar-refractivity contribution in [2.75, 3.05) is 11.5 Å².